The molecule has 0 aromatic heterocycles. The fourth-order valence-corrected chi connectivity index (χ4v) is 1.53. The Labute approximate surface area is 96.6 Å². The van der Waals surface area contributed by atoms with E-state index in [1.807, 2.05) is 31.2 Å². The molecule has 0 saturated heterocycles. The van der Waals surface area contributed by atoms with Crippen LogP contribution in [0.1, 0.15) is 12.5 Å². The van der Waals surface area contributed by atoms with Crippen molar-refractivity contribution in [2.24, 2.45) is 0 Å². The molecular formula is C13H18N2O. The number of hydrogen-bond acceptors (Lipinski definition) is 2. The Morgan fingerprint density at radius 3 is 2.75 bits per heavy atom. The molecule has 1 amide bonds. The number of nitrogens with zero attached hydrogens (tertiary/aromatic N) is 1. The minimum Gasteiger partial charge on any atom is -0.398 e. The van der Waals surface area contributed by atoms with E-state index in [1.54, 1.807) is 11.0 Å². The van der Waals surface area contributed by atoms with E-state index in [0.717, 1.165) is 5.56 Å². The molecule has 0 atom stereocenters. The van der Waals surface area contributed by atoms with Crippen LogP contribution in [0, 0.1) is 0 Å². The fraction of sp³-hybridized carbons (Fsp3) is 0.308. The van der Waals surface area contributed by atoms with Crippen molar-refractivity contribution in [3.63, 3.8) is 0 Å². The summed E-state index contributed by atoms with van der Waals surface area (Å²) in [4.78, 5) is 13.7. The molecule has 0 unspecified atom stereocenters. The average Bonchev–Trinajstić information content (AvgIpc) is 2.29. The Morgan fingerprint density at radius 2 is 2.19 bits per heavy atom. The van der Waals surface area contributed by atoms with Gasteiger partial charge < -0.3 is 10.6 Å². The van der Waals surface area contributed by atoms with E-state index in [2.05, 4.69) is 6.58 Å². The Balaban J connectivity index is 2.70. The Bertz CT molecular complexity index is 374. The maximum Gasteiger partial charge on any atom is 0.227 e. The number of nitrogens with two attached hydrogens (primary N) is 1. The lowest BCUT2D eigenvalue weighted by Gasteiger charge is -2.19. The van der Waals surface area contributed by atoms with Crippen LogP contribution in [0.15, 0.2) is 36.9 Å². The quantitative estimate of drug-likeness (QED) is 0.605. The predicted molar refractivity (Wildman–Crippen MR) is 67.0 cm³/mol. The third-order valence-electron chi connectivity index (χ3n) is 2.48. The molecule has 0 bridgehead atoms. The van der Waals surface area contributed by atoms with E-state index in [0.29, 0.717) is 25.2 Å². The molecule has 0 heterocycles. The van der Waals surface area contributed by atoms with Gasteiger partial charge in [0.15, 0.2) is 0 Å². The zero-order chi connectivity index (χ0) is 12.0. The second kappa shape index (κ2) is 5.95. The molecule has 0 aliphatic carbocycles. The van der Waals surface area contributed by atoms with Crippen molar-refractivity contribution in [2.45, 2.75) is 13.3 Å². The highest BCUT2D eigenvalue weighted by Gasteiger charge is 2.11. The lowest BCUT2D eigenvalue weighted by molar-refractivity contribution is -0.129. The van der Waals surface area contributed by atoms with Crippen molar-refractivity contribution in [3.05, 3.63) is 42.5 Å². The van der Waals surface area contributed by atoms with Crippen LogP contribution < -0.4 is 5.73 Å². The van der Waals surface area contributed by atoms with Gasteiger partial charge in [-0.25, -0.2) is 0 Å². The number of rotatable bonds is 5. The van der Waals surface area contributed by atoms with Gasteiger partial charge in [-0.1, -0.05) is 24.3 Å². The zero-order valence-corrected chi connectivity index (χ0v) is 9.65. The highest BCUT2D eigenvalue weighted by molar-refractivity contribution is 5.80. The van der Waals surface area contributed by atoms with Gasteiger partial charge in [-0.05, 0) is 18.6 Å². The first kappa shape index (κ1) is 12.3. The molecule has 0 radical (unpaired) electrons. The Kier molecular flexibility index (Phi) is 4.58. The van der Waals surface area contributed by atoms with Gasteiger partial charge in [0.05, 0.1) is 6.42 Å². The predicted octanol–water partition coefficient (Wildman–Crippen LogP) is 1.85. The number of benzene rings is 1. The molecule has 1 aromatic carbocycles. The lowest BCUT2D eigenvalue weighted by Crippen LogP contribution is -2.32. The number of carbonyl (C=O) groups is 1. The Morgan fingerprint density at radius 1 is 1.50 bits per heavy atom. The van der Waals surface area contributed by atoms with Crippen LogP contribution in [0.4, 0.5) is 5.69 Å². The minimum absolute atomic E-state index is 0.0836. The average molecular weight is 218 g/mol. The molecule has 0 aliphatic heterocycles. The summed E-state index contributed by atoms with van der Waals surface area (Å²) >= 11 is 0. The van der Waals surface area contributed by atoms with Crippen molar-refractivity contribution in [3.8, 4) is 0 Å². The van der Waals surface area contributed by atoms with Crippen LogP contribution in [-0.4, -0.2) is 23.9 Å². The van der Waals surface area contributed by atoms with Crippen LogP contribution in [0.25, 0.3) is 0 Å². The van der Waals surface area contributed by atoms with Crippen molar-refractivity contribution >= 4 is 11.6 Å². The van der Waals surface area contributed by atoms with Gasteiger partial charge in [0.1, 0.15) is 0 Å². The van der Waals surface area contributed by atoms with Gasteiger partial charge in [0.25, 0.3) is 0 Å². The molecule has 0 fully saturated rings. The van der Waals surface area contributed by atoms with Crippen molar-refractivity contribution in [1.82, 2.24) is 4.90 Å². The summed E-state index contributed by atoms with van der Waals surface area (Å²) in [5.41, 5.74) is 7.35. The molecule has 86 valence electrons. The van der Waals surface area contributed by atoms with Gasteiger partial charge >= 0.3 is 0 Å². The van der Waals surface area contributed by atoms with E-state index in [4.69, 9.17) is 5.73 Å². The first-order valence-electron chi connectivity index (χ1n) is 5.41. The molecule has 3 heteroatoms. The van der Waals surface area contributed by atoms with Gasteiger partial charge in [-0.2, -0.15) is 0 Å². The van der Waals surface area contributed by atoms with Gasteiger partial charge in [0.2, 0.25) is 5.91 Å². The van der Waals surface area contributed by atoms with Crippen LogP contribution >= 0.6 is 0 Å². The first-order chi connectivity index (χ1) is 7.69. The van der Waals surface area contributed by atoms with Crippen LogP contribution in [0.3, 0.4) is 0 Å². The summed E-state index contributed by atoms with van der Waals surface area (Å²) in [5, 5.41) is 0. The number of anilines is 1. The number of likely N-dealkylation sites (N-methyl/N-ethyl adjacent to an activating group) is 1. The smallest absolute Gasteiger partial charge is 0.227 e. The van der Waals surface area contributed by atoms with Crippen LogP contribution in [0.2, 0.25) is 0 Å². The summed E-state index contributed by atoms with van der Waals surface area (Å²) in [6.45, 7) is 6.87. The first-order valence-corrected chi connectivity index (χ1v) is 5.41. The van der Waals surface area contributed by atoms with Crippen molar-refractivity contribution in [1.29, 1.82) is 0 Å². The third kappa shape index (κ3) is 3.12. The largest absolute Gasteiger partial charge is 0.398 e. The topological polar surface area (TPSA) is 46.3 Å². The Hall–Kier alpha value is -1.77. The lowest BCUT2D eigenvalue weighted by atomic mass is 10.1. The maximum atomic E-state index is 11.9. The number of para-hydroxylation sites is 1. The van der Waals surface area contributed by atoms with Gasteiger partial charge in [-0.15, -0.1) is 6.58 Å². The highest BCUT2D eigenvalue weighted by Crippen LogP contribution is 2.12. The van der Waals surface area contributed by atoms with Crippen molar-refractivity contribution in [2.75, 3.05) is 18.8 Å². The fourth-order valence-electron chi connectivity index (χ4n) is 1.53. The van der Waals surface area contributed by atoms with E-state index in [1.165, 1.54) is 0 Å². The molecule has 2 N–H and O–H groups in total. The summed E-state index contributed by atoms with van der Waals surface area (Å²) in [6, 6.07) is 7.45. The second-order valence-corrected chi connectivity index (χ2v) is 3.60. The molecule has 1 aromatic rings. The van der Waals surface area contributed by atoms with Crippen LogP contribution in [-0.2, 0) is 11.2 Å². The molecule has 0 saturated carbocycles. The van der Waals surface area contributed by atoms with E-state index in [9.17, 15) is 4.79 Å². The summed E-state index contributed by atoms with van der Waals surface area (Å²) in [5.74, 6) is 0.0836. The number of carbonyl (C=O) groups excluding carboxylic acids is 1. The second-order valence-electron chi connectivity index (χ2n) is 3.60. The number of amides is 1. The molecule has 16 heavy (non-hydrogen) atoms. The van der Waals surface area contributed by atoms with E-state index < -0.39 is 0 Å². The molecule has 0 spiro atoms. The van der Waals surface area contributed by atoms with Crippen LogP contribution in [0.5, 0.6) is 0 Å². The normalized spacial score (nSPS) is 9.81. The molecule has 1 rings (SSSR count). The summed E-state index contributed by atoms with van der Waals surface area (Å²) < 4.78 is 0. The monoisotopic (exact) mass is 218 g/mol. The zero-order valence-electron chi connectivity index (χ0n) is 9.65. The molecule has 3 nitrogen and oxygen atoms in total. The molecule has 0 aliphatic rings. The van der Waals surface area contributed by atoms with Crippen molar-refractivity contribution < 1.29 is 4.79 Å². The number of nitrogen functional groups attached to an aromatic ring is 1. The maximum absolute atomic E-state index is 11.9. The summed E-state index contributed by atoms with van der Waals surface area (Å²) in [7, 11) is 0. The molecular weight excluding hydrogens is 200 g/mol. The van der Waals surface area contributed by atoms with E-state index in [-0.39, 0.29) is 5.91 Å². The standard InChI is InChI=1S/C13H18N2O/c1-3-9-15(4-2)13(16)10-11-7-5-6-8-12(11)14/h3,5-8H,1,4,9-10,14H2,2H3. The highest BCUT2D eigenvalue weighted by atomic mass is 16.2. The van der Waals surface area contributed by atoms with Gasteiger partial charge in [-0.3, -0.25) is 4.79 Å². The summed E-state index contributed by atoms with van der Waals surface area (Å²) in [6.07, 6.45) is 2.09. The van der Waals surface area contributed by atoms with E-state index >= 15 is 0 Å². The number of hydrogen-bond donors (Lipinski definition) is 1. The third-order valence-corrected chi connectivity index (χ3v) is 2.48. The van der Waals surface area contributed by atoms with Gasteiger partial charge in [0, 0.05) is 18.8 Å². The SMILES string of the molecule is C=CCN(CC)C(=O)Cc1ccccc1N. The minimum atomic E-state index is 0.0836.